The fourth-order valence-electron chi connectivity index (χ4n) is 2.39. The number of para-hydroxylation sites is 1. The molecule has 0 saturated carbocycles. The molecule has 3 rings (SSSR count). The summed E-state index contributed by atoms with van der Waals surface area (Å²) in [7, 11) is 0. The van der Waals surface area contributed by atoms with Gasteiger partial charge in [-0.3, -0.25) is 4.40 Å². The van der Waals surface area contributed by atoms with Gasteiger partial charge in [-0.1, -0.05) is 39.0 Å². The molecule has 2 aromatic heterocycles. The minimum atomic E-state index is -0.160. The summed E-state index contributed by atoms with van der Waals surface area (Å²) in [6.45, 7) is 8.32. The first-order valence-electron chi connectivity index (χ1n) is 7.55. The van der Waals surface area contributed by atoms with Crippen LogP contribution < -0.4 is 0 Å². The largest absolute Gasteiger partial charge is 0.506 e. The van der Waals surface area contributed by atoms with Gasteiger partial charge in [-0.05, 0) is 30.7 Å². The summed E-state index contributed by atoms with van der Waals surface area (Å²) >= 11 is 0. The van der Waals surface area contributed by atoms with Crippen LogP contribution in [-0.4, -0.2) is 14.5 Å². The molecule has 0 amide bonds. The molecule has 0 aliphatic rings. The Kier molecular flexibility index (Phi) is 3.64. The molecule has 0 radical (unpaired) electrons. The topological polar surface area (TPSA) is 62.2 Å². The molecule has 1 aromatic carbocycles. The SMILES string of the molecule is Cc1ccc2nc(C(C)(C)C)c(N=Nc3ccccc3O)n2c1. The van der Waals surface area contributed by atoms with E-state index in [0.29, 0.717) is 11.5 Å². The second-order valence-electron chi connectivity index (χ2n) is 6.66. The molecule has 23 heavy (non-hydrogen) atoms. The van der Waals surface area contributed by atoms with Crippen LogP contribution in [0.25, 0.3) is 5.65 Å². The number of fused-ring (bicyclic) bond motifs is 1. The van der Waals surface area contributed by atoms with Crippen LogP contribution in [0.2, 0.25) is 0 Å². The molecular weight excluding hydrogens is 288 g/mol. The summed E-state index contributed by atoms with van der Waals surface area (Å²) < 4.78 is 1.94. The Morgan fingerprint density at radius 1 is 1.04 bits per heavy atom. The molecule has 0 unspecified atom stereocenters. The Morgan fingerprint density at radius 3 is 2.48 bits per heavy atom. The van der Waals surface area contributed by atoms with Crippen LogP contribution in [0.15, 0.2) is 52.8 Å². The fraction of sp³-hybridized carbons (Fsp3) is 0.278. The van der Waals surface area contributed by atoms with E-state index in [1.54, 1.807) is 18.2 Å². The summed E-state index contributed by atoms with van der Waals surface area (Å²) in [6.07, 6.45) is 2.00. The molecule has 2 heterocycles. The van der Waals surface area contributed by atoms with E-state index < -0.39 is 0 Å². The molecule has 5 heteroatoms. The zero-order valence-electron chi connectivity index (χ0n) is 13.8. The summed E-state index contributed by atoms with van der Waals surface area (Å²) in [5.74, 6) is 0.804. The first-order valence-corrected chi connectivity index (χ1v) is 7.55. The molecular formula is C18H20N4O. The van der Waals surface area contributed by atoms with Crippen LogP contribution in [-0.2, 0) is 5.41 Å². The molecule has 5 nitrogen and oxygen atoms in total. The second kappa shape index (κ2) is 5.50. The maximum Gasteiger partial charge on any atom is 0.183 e. The van der Waals surface area contributed by atoms with E-state index in [9.17, 15) is 5.11 Å². The maximum absolute atomic E-state index is 9.85. The van der Waals surface area contributed by atoms with Gasteiger partial charge in [0.25, 0.3) is 0 Å². The van der Waals surface area contributed by atoms with Crippen LogP contribution in [0.1, 0.15) is 32.0 Å². The van der Waals surface area contributed by atoms with Crippen molar-refractivity contribution in [3.63, 3.8) is 0 Å². The summed E-state index contributed by atoms with van der Waals surface area (Å²) in [5.41, 5.74) is 3.12. The fourth-order valence-corrected chi connectivity index (χ4v) is 2.39. The number of aromatic nitrogens is 2. The van der Waals surface area contributed by atoms with Crippen molar-refractivity contribution in [2.45, 2.75) is 33.1 Å². The number of rotatable bonds is 2. The predicted octanol–water partition coefficient (Wildman–Crippen LogP) is 5.06. The van der Waals surface area contributed by atoms with Crippen molar-refractivity contribution in [1.29, 1.82) is 0 Å². The van der Waals surface area contributed by atoms with Gasteiger partial charge < -0.3 is 5.11 Å². The number of hydrogen-bond acceptors (Lipinski definition) is 4. The molecule has 0 aliphatic carbocycles. The number of azo groups is 1. The third kappa shape index (κ3) is 2.95. The van der Waals surface area contributed by atoms with E-state index in [1.807, 2.05) is 35.7 Å². The van der Waals surface area contributed by atoms with E-state index >= 15 is 0 Å². The number of hydrogen-bond donors (Lipinski definition) is 1. The van der Waals surface area contributed by atoms with E-state index in [1.165, 1.54) is 0 Å². The van der Waals surface area contributed by atoms with E-state index in [2.05, 4.69) is 31.0 Å². The lowest BCUT2D eigenvalue weighted by molar-refractivity contribution is 0.476. The Bertz CT molecular complexity index is 888. The highest BCUT2D eigenvalue weighted by molar-refractivity contribution is 5.56. The first-order chi connectivity index (χ1) is 10.9. The number of nitrogens with zero attached hydrogens (tertiary/aromatic N) is 4. The smallest absolute Gasteiger partial charge is 0.183 e. The molecule has 0 saturated heterocycles. The number of phenols is 1. The van der Waals surface area contributed by atoms with Crippen LogP contribution >= 0.6 is 0 Å². The summed E-state index contributed by atoms with van der Waals surface area (Å²) in [6, 6.07) is 10.9. The minimum Gasteiger partial charge on any atom is -0.506 e. The zero-order valence-corrected chi connectivity index (χ0v) is 13.8. The van der Waals surface area contributed by atoms with Gasteiger partial charge in [0.1, 0.15) is 17.1 Å². The molecule has 0 atom stereocenters. The maximum atomic E-state index is 9.85. The van der Waals surface area contributed by atoms with Gasteiger partial charge in [-0.25, -0.2) is 4.98 Å². The molecule has 118 valence electrons. The van der Waals surface area contributed by atoms with E-state index in [0.717, 1.165) is 16.9 Å². The van der Waals surface area contributed by atoms with Crippen molar-refractivity contribution >= 4 is 17.2 Å². The highest BCUT2D eigenvalue weighted by atomic mass is 16.3. The molecule has 0 bridgehead atoms. The van der Waals surface area contributed by atoms with E-state index in [-0.39, 0.29) is 11.2 Å². The number of benzene rings is 1. The number of phenolic OH excluding ortho intramolecular Hbond substituents is 1. The standard InChI is InChI=1S/C18H20N4O/c1-12-9-10-15-19-16(18(2,3)4)17(22(15)11-12)21-20-13-7-5-6-8-14(13)23/h5-11,23H,1-4H3. The van der Waals surface area contributed by atoms with Gasteiger partial charge in [0.15, 0.2) is 5.82 Å². The van der Waals surface area contributed by atoms with Gasteiger partial charge >= 0.3 is 0 Å². The lowest BCUT2D eigenvalue weighted by Gasteiger charge is -2.15. The van der Waals surface area contributed by atoms with Crippen molar-refractivity contribution in [1.82, 2.24) is 9.38 Å². The zero-order chi connectivity index (χ0) is 16.6. The number of aromatic hydroxyl groups is 1. The molecule has 0 fully saturated rings. The Morgan fingerprint density at radius 2 is 1.78 bits per heavy atom. The Labute approximate surface area is 135 Å². The van der Waals surface area contributed by atoms with E-state index in [4.69, 9.17) is 4.98 Å². The third-order valence-corrected chi connectivity index (χ3v) is 3.59. The molecule has 0 spiro atoms. The predicted molar refractivity (Wildman–Crippen MR) is 90.9 cm³/mol. The second-order valence-corrected chi connectivity index (χ2v) is 6.66. The highest BCUT2D eigenvalue weighted by Crippen LogP contribution is 2.34. The van der Waals surface area contributed by atoms with Crippen molar-refractivity contribution in [2.24, 2.45) is 10.2 Å². The lowest BCUT2D eigenvalue weighted by Crippen LogP contribution is -2.11. The van der Waals surface area contributed by atoms with Crippen LogP contribution in [0.3, 0.4) is 0 Å². The average Bonchev–Trinajstić information content (AvgIpc) is 2.84. The van der Waals surface area contributed by atoms with Crippen LogP contribution in [0, 0.1) is 6.92 Å². The quantitative estimate of drug-likeness (QED) is 0.672. The number of aryl methyl sites for hydroxylation is 1. The first kappa shape index (κ1) is 15.2. The van der Waals surface area contributed by atoms with Gasteiger partial charge in [0, 0.05) is 11.6 Å². The summed E-state index contributed by atoms with van der Waals surface area (Å²) in [5, 5.41) is 18.5. The van der Waals surface area contributed by atoms with Crippen LogP contribution in [0.4, 0.5) is 11.5 Å². The highest BCUT2D eigenvalue weighted by Gasteiger charge is 2.24. The van der Waals surface area contributed by atoms with Crippen LogP contribution in [0.5, 0.6) is 5.75 Å². The normalized spacial score (nSPS) is 12.3. The Hall–Kier alpha value is -2.69. The Balaban J connectivity index is 2.18. The van der Waals surface area contributed by atoms with Gasteiger partial charge in [-0.2, -0.15) is 0 Å². The van der Waals surface area contributed by atoms with Crippen molar-refractivity contribution in [3.05, 3.63) is 53.9 Å². The van der Waals surface area contributed by atoms with Gasteiger partial charge in [-0.15, -0.1) is 10.2 Å². The van der Waals surface area contributed by atoms with Crippen molar-refractivity contribution in [2.75, 3.05) is 0 Å². The number of pyridine rings is 1. The average molecular weight is 308 g/mol. The van der Waals surface area contributed by atoms with Crippen molar-refractivity contribution < 1.29 is 5.11 Å². The van der Waals surface area contributed by atoms with Crippen molar-refractivity contribution in [3.8, 4) is 5.75 Å². The number of imidazole rings is 1. The van der Waals surface area contributed by atoms with Gasteiger partial charge in [0.2, 0.25) is 0 Å². The minimum absolute atomic E-state index is 0.110. The monoisotopic (exact) mass is 308 g/mol. The molecule has 3 aromatic rings. The molecule has 0 aliphatic heterocycles. The molecule has 1 N–H and O–H groups in total. The summed E-state index contributed by atoms with van der Waals surface area (Å²) in [4.78, 5) is 4.71. The van der Waals surface area contributed by atoms with Gasteiger partial charge in [0.05, 0.1) is 5.69 Å². The lowest BCUT2D eigenvalue weighted by atomic mass is 9.92. The third-order valence-electron chi connectivity index (χ3n) is 3.59.